The van der Waals surface area contributed by atoms with Crippen molar-refractivity contribution in [2.75, 3.05) is 18.8 Å². The number of pyridine rings is 1. The normalized spacial score (nSPS) is 18.1. The van der Waals surface area contributed by atoms with Gasteiger partial charge in [0.2, 0.25) is 5.91 Å². The number of anilines is 1. The summed E-state index contributed by atoms with van der Waals surface area (Å²) in [5, 5.41) is 4.05. The van der Waals surface area contributed by atoms with E-state index in [4.69, 9.17) is 10.5 Å². The summed E-state index contributed by atoms with van der Waals surface area (Å²) in [6, 6.07) is 3.88. The van der Waals surface area contributed by atoms with Crippen molar-refractivity contribution in [1.82, 2.24) is 19.7 Å². The number of nitrogen functional groups attached to an aromatic ring is 1. The molecule has 0 spiro atoms. The largest absolute Gasteiger partial charge is 0.396 e. The monoisotopic (exact) mass is 315 g/mol. The molecule has 1 unspecified atom stereocenters. The highest BCUT2D eigenvalue weighted by Crippen LogP contribution is 2.15. The highest BCUT2D eigenvalue weighted by Gasteiger charge is 2.24. The molecule has 7 nitrogen and oxygen atoms in total. The number of aromatic nitrogens is 3. The van der Waals surface area contributed by atoms with E-state index in [1.165, 1.54) is 0 Å². The van der Waals surface area contributed by atoms with Gasteiger partial charge in [-0.1, -0.05) is 6.07 Å². The second kappa shape index (κ2) is 7.23. The molecule has 1 aliphatic heterocycles. The molecule has 7 heteroatoms. The number of piperidine rings is 1. The zero-order valence-electron chi connectivity index (χ0n) is 13.0. The molecule has 2 aromatic rings. The third-order valence-corrected chi connectivity index (χ3v) is 3.89. The van der Waals surface area contributed by atoms with E-state index in [1.807, 2.05) is 17.0 Å². The van der Waals surface area contributed by atoms with Gasteiger partial charge in [0.05, 0.1) is 24.6 Å². The molecule has 0 radical (unpaired) electrons. The van der Waals surface area contributed by atoms with Crippen molar-refractivity contribution in [2.24, 2.45) is 0 Å². The van der Waals surface area contributed by atoms with E-state index < -0.39 is 0 Å². The van der Waals surface area contributed by atoms with Gasteiger partial charge in [-0.15, -0.1) is 0 Å². The predicted octanol–water partition coefficient (Wildman–Crippen LogP) is 1.07. The van der Waals surface area contributed by atoms with Gasteiger partial charge >= 0.3 is 0 Å². The molecule has 2 aromatic heterocycles. The summed E-state index contributed by atoms with van der Waals surface area (Å²) in [4.78, 5) is 18.3. The Morgan fingerprint density at radius 2 is 2.35 bits per heavy atom. The maximum atomic E-state index is 12.4. The van der Waals surface area contributed by atoms with Crippen LogP contribution in [0.5, 0.6) is 0 Å². The van der Waals surface area contributed by atoms with Crippen LogP contribution in [0, 0.1) is 0 Å². The quantitative estimate of drug-likeness (QED) is 0.892. The number of carbonyl (C=O) groups is 1. The third-order valence-electron chi connectivity index (χ3n) is 3.89. The van der Waals surface area contributed by atoms with Crippen LogP contribution in [0.4, 0.5) is 5.69 Å². The van der Waals surface area contributed by atoms with Crippen molar-refractivity contribution < 1.29 is 9.53 Å². The molecule has 1 saturated heterocycles. The summed E-state index contributed by atoms with van der Waals surface area (Å²) < 4.78 is 7.49. The lowest BCUT2D eigenvalue weighted by atomic mass is 10.1. The Kier molecular flexibility index (Phi) is 4.87. The summed E-state index contributed by atoms with van der Waals surface area (Å²) in [5.74, 6) is 0.0442. The van der Waals surface area contributed by atoms with Crippen molar-refractivity contribution >= 4 is 11.6 Å². The average Bonchev–Trinajstić information content (AvgIpc) is 2.99. The van der Waals surface area contributed by atoms with E-state index >= 15 is 0 Å². The predicted molar refractivity (Wildman–Crippen MR) is 85.3 cm³/mol. The Labute approximate surface area is 135 Å². The fourth-order valence-electron chi connectivity index (χ4n) is 2.70. The summed E-state index contributed by atoms with van der Waals surface area (Å²) >= 11 is 0. The molecule has 3 heterocycles. The minimum absolute atomic E-state index is 0.0442. The lowest BCUT2D eigenvalue weighted by Crippen LogP contribution is -2.44. The molecule has 122 valence electrons. The zero-order chi connectivity index (χ0) is 16.1. The number of ether oxygens (including phenoxy) is 1. The van der Waals surface area contributed by atoms with Gasteiger partial charge < -0.3 is 15.4 Å². The summed E-state index contributed by atoms with van der Waals surface area (Å²) in [5.41, 5.74) is 7.22. The molecule has 1 fully saturated rings. The van der Waals surface area contributed by atoms with Gasteiger partial charge in [0.15, 0.2) is 0 Å². The SMILES string of the molecule is Nc1cnn(CC(=O)N2CCCC(OCc3cccnc3)C2)c1. The number of amides is 1. The molecule has 0 aromatic carbocycles. The van der Waals surface area contributed by atoms with E-state index in [1.54, 1.807) is 29.5 Å². The molecule has 0 aliphatic carbocycles. The van der Waals surface area contributed by atoms with Gasteiger partial charge in [-0.3, -0.25) is 14.5 Å². The lowest BCUT2D eigenvalue weighted by molar-refractivity contribution is -0.136. The Balaban J connectivity index is 1.50. The molecule has 1 aliphatic rings. The number of nitrogens with two attached hydrogens (primary N) is 1. The van der Waals surface area contributed by atoms with E-state index in [9.17, 15) is 4.79 Å². The molecular weight excluding hydrogens is 294 g/mol. The van der Waals surface area contributed by atoms with Crippen molar-refractivity contribution in [2.45, 2.75) is 32.1 Å². The van der Waals surface area contributed by atoms with Crippen LogP contribution >= 0.6 is 0 Å². The second-order valence-corrected chi connectivity index (χ2v) is 5.75. The molecule has 1 amide bonds. The summed E-state index contributed by atoms with van der Waals surface area (Å²) in [6.07, 6.45) is 8.74. The second-order valence-electron chi connectivity index (χ2n) is 5.75. The lowest BCUT2D eigenvalue weighted by Gasteiger charge is -2.32. The Morgan fingerprint density at radius 1 is 1.43 bits per heavy atom. The van der Waals surface area contributed by atoms with Crippen LogP contribution in [0.1, 0.15) is 18.4 Å². The van der Waals surface area contributed by atoms with Crippen LogP contribution in [0.15, 0.2) is 36.9 Å². The standard InChI is InChI=1S/C16H21N5O2/c17-14-8-19-21(9-14)11-16(22)20-6-2-4-15(10-20)23-12-13-3-1-5-18-7-13/h1,3,5,7-9,15H,2,4,6,10-12,17H2. The highest BCUT2D eigenvalue weighted by atomic mass is 16.5. The van der Waals surface area contributed by atoms with E-state index in [0.29, 0.717) is 18.8 Å². The van der Waals surface area contributed by atoms with E-state index in [2.05, 4.69) is 10.1 Å². The molecule has 0 bridgehead atoms. The Bertz CT molecular complexity index is 643. The zero-order valence-corrected chi connectivity index (χ0v) is 13.0. The minimum Gasteiger partial charge on any atom is -0.396 e. The fraction of sp³-hybridized carbons (Fsp3) is 0.438. The molecule has 1 atom stereocenters. The maximum Gasteiger partial charge on any atom is 0.244 e. The Hall–Kier alpha value is -2.41. The van der Waals surface area contributed by atoms with Gasteiger partial charge in [-0.2, -0.15) is 5.10 Å². The van der Waals surface area contributed by atoms with E-state index in [0.717, 1.165) is 24.9 Å². The van der Waals surface area contributed by atoms with Gasteiger partial charge in [-0.05, 0) is 24.5 Å². The molecular formula is C16H21N5O2. The van der Waals surface area contributed by atoms with Crippen molar-refractivity contribution in [3.8, 4) is 0 Å². The minimum atomic E-state index is 0.0442. The number of hydrogen-bond acceptors (Lipinski definition) is 5. The first-order valence-electron chi connectivity index (χ1n) is 7.77. The van der Waals surface area contributed by atoms with Gasteiger partial charge in [0.1, 0.15) is 6.54 Å². The van der Waals surface area contributed by atoms with Gasteiger partial charge in [-0.25, -0.2) is 0 Å². The number of hydrogen-bond donors (Lipinski definition) is 1. The number of carbonyl (C=O) groups excluding carboxylic acids is 1. The number of nitrogens with zero attached hydrogens (tertiary/aromatic N) is 4. The van der Waals surface area contributed by atoms with Crippen LogP contribution in [-0.4, -0.2) is 44.8 Å². The molecule has 23 heavy (non-hydrogen) atoms. The first kappa shape index (κ1) is 15.5. The number of likely N-dealkylation sites (tertiary alicyclic amines) is 1. The van der Waals surface area contributed by atoms with Crippen molar-refractivity contribution in [1.29, 1.82) is 0 Å². The maximum absolute atomic E-state index is 12.4. The third kappa shape index (κ3) is 4.29. The Morgan fingerprint density at radius 3 is 3.09 bits per heavy atom. The molecule has 3 rings (SSSR count). The first-order chi connectivity index (χ1) is 11.2. The summed E-state index contributed by atoms with van der Waals surface area (Å²) in [6.45, 7) is 2.13. The average molecular weight is 315 g/mol. The van der Waals surface area contributed by atoms with Crippen LogP contribution in [0.2, 0.25) is 0 Å². The molecule has 2 N–H and O–H groups in total. The van der Waals surface area contributed by atoms with Gasteiger partial charge in [0, 0.05) is 31.7 Å². The van der Waals surface area contributed by atoms with E-state index in [-0.39, 0.29) is 18.6 Å². The van der Waals surface area contributed by atoms with Crippen LogP contribution in [-0.2, 0) is 22.7 Å². The highest BCUT2D eigenvalue weighted by molar-refractivity contribution is 5.76. The molecule has 0 saturated carbocycles. The summed E-state index contributed by atoms with van der Waals surface area (Å²) in [7, 11) is 0. The number of rotatable bonds is 5. The van der Waals surface area contributed by atoms with Gasteiger partial charge in [0.25, 0.3) is 0 Å². The van der Waals surface area contributed by atoms with Crippen LogP contribution in [0.3, 0.4) is 0 Å². The smallest absolute Gasteiger partial charge is 0.244 e. The van der Waals surface area contributed by atoms with Crippen LogP contribution < -0.4 is 5.73 Å². The van der Waals surface area contributed by atoms with Crippen molar-refractivity contribution in [3.63, 3.8) is 0 Å². The fourth-order valence-corrected chi connectivity index (χ4v) is 2.70. The van der Waals surface area contributed by atoms with Crippen molar-refractivity contribution in [3.05, 3.63) is 42.5 Å². The first-order valence-corrected chi connectivity index (χ1v) is 7.77. The van der Waals surface area contributed by atoms with Crippen LogP contribution in [0.25, 0.3) is 0 Å². The topological polar surface area (TPSA) is 86.3 Å².